The summed E-state index contributed by atoms with van der Waals surface area (Å²) in [5.41, 5.74) is 1.62. The van der Waals surface area contributed by atoms with Crippen molar-refractivity contribution in [3.05, 3.63) is 11.6 Å². The fourth-order valence-corrected chi connectivity index (χ4v) is 2.59. The lowest BCUT2D eigenvalue weighted by atomic mass is 9.83. The number of hydrogen-bond acceptors (Lipinski definition) is 0. The molecule has 0 amide bonds. The molecule has 0 spiro atoms. The van der Waals surface area contributed by atoms with Crippen molar-refractivity contribution in [2.75, 3.05) is 0 Å². The summed E-state index contributed by atoms with van der Waals surface area (Å²) in [4.78, 5) is 0. The van der Waals surface area contributed by atoms with Gasteiger partial charge in [0.1, 0.15) is 0 Å². The van der Waals surface area contributed by atoms with Gasteiger partial charge in [0.05, 0.1) is 0 Å². The molecule has 0 aliphatic heterocycles. The zero-order chi connectivity index (χ0) is 12.4. The van der Waals surface area contributed by atoms with Crippen LogP contribution in [0.4, 0.5) is 0 Å². The van der Waals surface area contributed by atoms with Crippen molar-refractivity contribution < 1.29 is 0 Å². The molecule has 96 valence electrons. The van der Waals surface area contributed by atoms with Gasteiger partial charge in [0, 0.05) is 0 Å². The van der Waals surface area contributed by atoms with Crippen molar-refractivity contribution in [1.82, 2.24) is 0 Å². The fraction of sp³-hybridized carbons (Fsp3) is 0.875. The van der Waals surface area contributed by atoms with E-state index in [9.17, 15) is 0 Å². The largest absolute Gasteiger partial charge is 0.0822 e. The monoisotopic (exact) mass is 224 g/mol. The standard InChI is InChI=1S/C16H32/c1-6-10-12-14(5)13-16(11-7-2)15(8-3)9-4/h13,15-16H,6-12H2,1-5H3. The predicted molar refractivity (Wildman–Crippen MR) is 75.8 cm³/mol. The Morgan fingerprint density at radius 2 is 1.62 bits per heavy atom. The molecule has 0 fully saturated rings. The first-order valence-corrected chi connectivity index (χ1v) is 7.36. The Hall–Kier alpha value is -0.260. The van der Waals surface area contributed by atoms with E-state index in [1.807, 2.05) is 0 Å². The Morgan fingerprint density at radius 1 is 1.00 bits per heavy atom. The SMILES string of the molecule is CCCCC(C)=CC(CCC)C(CC)CC. The van der Waals surface area contributed by atoms with Gasteiger partial charge in [-0.05, 0) is 38.0 Å². The van der Waals surface area contributed by atoms with Crippen LogP contribution in [0.3, 0.4) is 0 Å². The van der Waals surface area contributed by atoms with E-state index in [4.69, 9.17) is 0 Å². The minimum absolute atomic E-state index is 0.830. The summed E-state index contributed by atoms with van der Waals surface area (Å²) in [6, 6.07) is 0. The van der Waals surface area contributed by atoms with E-state index >= 15 is 0 Å². The van der Waals surface area contributed by atoms with Crippen LogP contribution in [-0.4, -0.2) is 0 Å². The molecule has 1 unspecified atom stereocenters. The van der Waals surface area contributed by atoms with Gasteiger partial charge in [-0.25, -0.2) is 0 Å². The number of hydrogen-bond donors (Lipinski definition) is 0. The van der Waals surface area contributed by atoms with Gasteiger partial charge in [0.2, 0.25) is 0 Å². The van der Waals surface area contributed by atoms with Crippen LogP contribution >= 0.6 is 0 Å². The third-order valence-corrected chi connectivity index (χ3v) is 3.70. The maximum atomic E-state index is 2.58. The van der Waals surface area contributed by atoms with E-state index in [1.165, 1.54) is 44.9 Å². The molecule has 16 heavy (non-hydrogen) atoms. The predicted octanol–water partition coefficient (Wildman–Crippen LogP) is 5.98. The molecular formula is C16H32. The number of rotatable bonds is 9. The summed E-state index contributed by atoms with van der Waals surface area (Å²) in [5, 5.41) is 0. The number of allylic oxidation sites excluding steroid dienone is 2. The third-order valence-electron chi connectivity index (χ3n) is 3.70. The summed E-state index contributed by atoms with van der Waals surface area (Å²) in [6.45, 7) is 11.6. The zero-order valence-corrected chi connectivity index (χ0v) is 12.2. The molecule has 0 saturated heterocycles. The van der Waals surface area contributed by atoms with Crippen LogP contribution in [0.25, 0.3) is 0 Å². The van der Waals surface area contributed by atoms with Crippen molar-refractivity contribution in [3.8, 4) is 0 Å². The molecule has 0 bridgehead atoms. The summed E-state index contributed by atoms with van der Waals surface area (Å²) >= 11 is 0. The van der Waals surface area contributed by atoms with Crippen LogP contribution in [0.1, 0.15) is 79.6 Å². The highest BCUT2D eigenvalue weighted by Gasteiger charge is 2.15. The highest BCUT2D eigenvalue weighted by molar-refractivity contribution is 5.02. The summed E-state index contributed by atoms with van der Waals surface area (Å²) in [6.07, 6.45) is 11.9. The van der Waals surface area contributed by atoms with Crippen LogP contribution < -0.4 is 0 Å². The lowest BCUT2D eigenvalue weighted by Gasteiger charge is -2.22. The first kappa shape index (κ1) is 15.7. The van der Waals surface area contributed by atoms with Gasteiger partial charge < -0.3 is 0 Å². The van der Waals surface area contributed by atoms with Gasteiger partial charge in [-0.1, -0.05) is 65.0 Å². The molecule has 0 radical (unpaired) electrons. The smallest absolute Gasteiger partial charge is 0.0203 e. The van der Waals surface area contributed by atoms with Gasteiger partial charge >= 0.3 is 0 Å². The Morgan fingerprint density at radius 3 is 2.06 bits per heavy atom. The van der Waals surface area contributed by atoms with Gasteiger partial charge in [-0.15, -0.1) is 0 Å². The molecular weight excluding hydrogens is 192 g/mol. The third kappa shape index (κ3) is 6.35. The zero-order valence-electron chi connectivity index (χ0n) is 12.2. The highest BCUT2D eigenvalue weighted by Crippen LogP contribution is 2.27. The quantitative estimate of drug-likeness (QED) is 0.423. The molecule has 0 aromatic carbocycles. The van der Waals surface area contributed by atoms with Gasteiger partial charge in [0.25, 0.3) is 0 Å². The second-order valence-corrected chi connectivity index (χ2v) is 5.15. The van der Waals surface area contributed by atoms with E-state index in [1.54, 1.807) is 5.57 Å². The first-order chi connectivity index (χ1) is 7.69. The van der Waals surface area contributed by atoms with E-state index in [0.717, 1.165) is 11.8 Å². The van der Waals surface area contributed by atoms with E-state index in [0.29, 0.717) is 0 Å². The molecule has 1 atom stereocenters. The Balaban J connectivity index is 4.39. The van der Waals surface area contributed by atoms with Crippen LogP contribution in [-0.2, 0) is 0 Å². The van der Waals surface area contributed by atoms with Crippen LogP contribution in [0.2, 0.25) is 0 Å². The number of unbranched alkanes of at least 4 members (excludes halogenated alkanes) is 1. The normalized spacial score (nSPS) is 14.5. The van der Waals surface area contributed by atoms with E-state index < -0.39 is 0 Å². The summed E-state index contributed by atoms with van der Waals surface area (Å²) < 4.78 is 0. The second-order valence-electron chi connectivity index (χ2n) is 5.15. The van der Waals surface area contributed by atoms with Crippen LogP contribution in [0.5, 0.6) is 0 Å². The van der Waals surface area contributed by atoms with Crippen molar-refractivity contribution >= 4 is 0 Å². The Labute approximate surface area is 104 Å². The molecule has 0 saturated carbocycles. The lowest BCUT2D eigenvalue weighted by molar-refractivity contribution is 0.348. The van der Waals surface area contributed by atoms with Crippen molar-refractivity contribution in [1.29, 1.82) is 0 Å². The molecule has 0 heteroatoms. The summed E-state index contributed by atoms with van der Waals surface area (Å²) in [5.74, 6) is 1.73. The van der Waals surface area contributed by atoms with Crippen LogP contribution in [0, 0.1) is 11.8 Å². The lowest BCUT2D eigenvalue weighted by Crippen LogP contribution is -2.11. The first-order valence-electron chi connectivity index (χ1n) is 7.36. The van der Waals surface area contributed by atoms with Gasteiger partial charge in [0.15, 0.2) is 0 Å². The molecule has 0 heterocycles. The van der Waals surface area contributed by atoms with Crippen molar-refractivity contribution in [2.45, 2.75) is 79.6 Å². The summed E-state index contributed by atoms with van der Waals surface area (Å²) in [7, 11) is 0. The van der Waals surface area contributed by atoms with Gasteiger partial charge in [-0.2, -0.15) is 0 Å². The molecule has 0 aromatic rings. The average molecular weight is 224 g/mol. The molecule has 0 N–H and O–H groups in total. The van der Waals surface area contributed by atoms with Crippen LogP contribution in [0.15, 0.2) is 11.6 Å². The minimum Gasteiger partial charge on any atom is -0.0822 e. The topological polar surface area (TPSA) is 0 Å². The fourth-order valence-electron chi connectivity index (χ4n) is 2.59. The van der Waals surface area contributed by atoms with E-state index in [-0.39, 0.29) is 0 Å². The molecule has 0 nitrogen and oxygen atoms in total. The molecule has 0 rings (SSSR count). The second kappa shape index (κ2) is 9.93. The molecule has 0 aliphatic carbocycles. The van der Waals surface area contributed by atoms with E-state index in [2.05, 4.69) is 40.7 Å². The van der Waals surface area contributed by atoms with Gasteiger partial charge in [-0.3, -0.25) is 0 Å². The van der Waals surface area contributed by atoms with Crippen molar-refractivity contribution in [2.24, 2.45) is 11.8 Å². The molecule has 0 aliphatic rings. The minimum atomic E-state index is 0.830. The maximum Gasteiger partial charge on any atom is -0.0203 e. The van der Waals surface area contributed by atoms with Crippen molar-refractivity contribution in [3.63, 3.8) is 0 Å². The Bertz CT molecular complexity index is 174. The Kier molecular flexibility index (Phi) is 9.77. The molecule has 0 aromatic heterocycles. The maximum absolute atomic E-state index is 2.58. The average Bonchev–Trinajstić information content (AvgIpc) is 2.28. The highest BCUT2D eigenvalue weighted by atomic mass is 14.2.